The Bertz CT molecular complexity index is 701. The van der Waals surface area contributed by atoms with Gasteiger partial charge >= 0.3 is 0 Å². The molecular formula is C12H9BrFNO3S. The van der Waals surface area contributed by atoms with Crippen LogP contribution in [0.4, 0.5) is 4.39 Å². The van der Waals surface area contributed by atoms with Gasteiger partial charge in [0.15, 0.2) is 0 Å². The number of nitrogens with two attached hydrogens (primary N) is 1. The molecule has 0 unspecified atom stereocenters. The van der Waals surface area contributed by atoms with E-state index in [1.165, 1.54) is 42.5 Å². The molecule has 0 bridgehead atoms. The molecule has 0 radical (unpaired) electrons. The van der Waals surface area contributed by atoms with Crippen molar-refractivity contribution in [3.63, 3.8) is 0 Å². The normalized spacial score (nSPS) is 11.3. The van der Waals surface area contributed by atoms with Crippen LogP contribution in [-0.4, -0.2) is 8.42 Å². The molecular weight excluding hydrogens is 337 g/mol. The highest BCUT2D eigenvalue weighted by Crippen LogP contribution is 2.30. The summed E-state index contributed by atoms with van der Waals surface area (Å²) in [6, 6.07) is 9.55. The highest BCUT2D eigenvalue weighted by atomic mass is 79.9. The number of hydrogen-bond acceptors (Lipinski definition) is 3. The molecule has 0 aliphatic carbocycles. The van der Waals surface area contributed by atoms with E-state index < -0.39 is 15.8 Å². The Hall–Kier alpha value is -1.44. The molecule has 0 aliphatic rings. The minimum atomic E-state index is -3.73. The van der Waals surface area contributed by atoms with Gasteiger partial charge < -0.3 is 4.74 Å². The highest BCUT2D eigenvalue weighted by molar-refractivity contribution is 9.10. The quantitative estimate of drug-likeness (QED) is 0.929. The van der Waals surface area contributed by atoms with Crippen LogP contribution in [0.25, 0.3) is 0 Å². The molecule has 2 aromatic rings. The summed E-state index contributed by atoms with van der Waals surface area (Å²) in [5.41, 5.74) is 0. The molecule has 0 aromatic heterocycles. The molecule has 0 fully saturated rings. The topological polar surface area (TPSA) is 69.4 Å². The summed E-state index contributed by atoms with van der Waals surface area (Å²) < 4.78 is 41.3. The van der Waals surface area contributed by atoms with Gasteiger partial charge in [0.2, 0.25) is 10.0 Å². The summed E-state index contributed by atoms with van der Waals surface area (Å²) >= 11 is 3.23. The molecule has 0 aliphatic heterocycles. The van der Waals surface area contributed by atoms with Crippen molar-refractivity contribution in [2.45, 2.75) is 4.90 Å². The van der Waals surface area contributed by atoms with Gasteiger partial charge in [-0.25, -0.2) is 17.9 Å². The first-order valence-corrected chi connectivity index (χ1v) is 7.46. The zero-order valence-corrected chi connectivity index (χ0v) is 11.9. The lowest BCUT2D eigenvalue weighted by atomic mass is 10.3. The molecule has 0 atom stereocenters. The summed E-state index contributed by atoms with van der Waals surface area (Å²) in [5, 5.41) is 4.98. The van der Waals surface area contributed by atoms with Crippen LogP contribution in [0.1, 0.15) is 0 Å². The lowest BCUT2D eigenvalue weighted by Crippen LogP contribution is -2.11. The first kappa shape index (κ1) is 14.0. The van der Waals surface area contributed by atoms with Gasteiger partial charge in [-0.1, -0.05) is 0 Å². The zero-order valence-electron chi connectivity index (χ0n) is 9.51. The minimum Gasteiger partial charge on any atom is -0.456 e. The van der Waals surface area contributed by atoms with Crippen LogP contribution in [0.2, 0.25) is 0 Å². The van der Waals surface area contributed by atoms with Crippen molar-refractivity contribution in [1.29, 1.82) is 0 Å². The van der Waals surface area contributed by atoms with E-state index in [0.717, 1.165) is 0 Å². The second-order valence-electron chi connectivity index (χ2n) is 3.69. The lowest BCUT2D eigenvalue weighted by molar-refractivity contribution is 0.473. The van der Waals surface area contributed by atoms with E-state index in [1.54, 1.807) is 0 Å². The standard InChI is InChI=1S/C12H9BrFNO3S/c13-11-6-1-8(14)7-12(11)18-9-2-4-10(5-3-9)19(15,16)17/h1-7H,(H2,15,16,17). The summed E-state index contributed by atoms with van der Waals surface area (Å²) in [6.45, 7) is 0. The van der Waals surface area contributed by atoms with Gasteiger partial charge in [-0.05, 0) is 52.3 Å². The fourth-order valence-electron chi connectivity index (χ4n) is 1.38. The van der Waals surface area contributed by atoms with Gasteiger partial charge in [-0.15, -0.1) is 0 Å². The molecule has 0 saturated heterocycles. The number of primary sulfonamides is 1. The van der Waals surface area contributed by atoms with Crippen LogP contribution in [0.5, 0.6) is 11.5 Å². The van der Waals surface area contributed by atoms with E-state index >= 15 is 0 Å². The molecule has 19 heavy (non-hydrogen) atoms. The maximum atomic E-state index is 13.1. The Kier molecular flexibility index (Phi) is 3.88. The third-order valence-electron chi connectivity index (χ3n) is 2.27. The van der Waals surface area contributed by atoms with Gasteiger partial charge in [-0.3, -0.25) is 0 Å². The van der Waals surface area contributed by atoms with Crippen molar-refractivity contribution >= 4 is 26.0 Å². The molecule has 2 aromatic carbocycles. The smallest absolute Gasteiger partial charge is 0.238 e. The number of ether oxygens (including phenoxy) is 1. The van der Waals surface area contributed by atoms with E-state index in [4.69, 9.17) is 9.88 Å². The monoisotopic (exact) mass is 345 g/mol. The molecule has 2 rings (SSSR count). The minimum absolute atomic E-state index is 0.0156. The first-order chi connectivity index (χ1) is 8.86. The number of halogens is 2. The Morgan fingerprint density at radius 3 is 2.32 bits per heavy atom. The molecule has 0 saturated carbocycles. The van der Waals surface area contributed by atoms with Crippen LogP contribution in [0, 0.1) is 5.82 Å². The van der Waals surface area contributed by atoms with Crippen molar-refractivity contribution in [2.24, 2.45) is 5.14 Å². The highest BCUT2D eigenvalue weighted by Gasteiger charge is 2.08. The Balaban J connectivity index is 2.27. The van der Waals surface area contributed by atoms with E-state index in [9.17, 15) is 12.8 Å². The number of sulfonamides is 1. The summed E-state index contributed by atoms with van der Waals surface area (Å²) in [5.74, 6) is 0.237. The summed E-state index contributed by atoms with van der Waals surface area (Å²) in [7, 11) is -3.73. The van der Waals surface area contributed by atoms with Gasteiger partial charge in [-0.2, -0.15) is 0 Å². The van der Waals surface area contributed by atoms with Crippen LogP contribution in [0.3, 0.4) is 0 Å². The van der Waals surface area contributed by atoms with Crippen LogP contribution in [-0.2, 0) is 10.0 Å². The molecule has 0 heterocycles. The third kappa shape index (κ3) is 3.52. The fourth-order valence-corrected chi connectivity index (χ4v) is 2.22. The second-order valence-corrected chi connectivity index (χ2v) is 6.11. The Labute approximate surface area is 118 Å². The van der Waals surface area contributed by atoms with Crippen molar-refractivity contribution in [3.05, 3.63) is 52.8 Å². The molecule has 7 heteroatoms. The second kappa shape index (κ2) is 5.28. The van der Waals surface area contributed by atoms with E-state index in [0.29, 0.717) is 16.0 Å². The van der Waals surface area contributed by atoms with Crippen molar-refractivity contribution in [3.8, 4) is 11.5 Å². The average molecular weight is 346 g/mol. The predicted octanol–water partition coefficient (Wildman–Crippen LogP) is 3.03. The van der Waals surface area contributed by atoms with Gasteiger partial charge in [0.25, 0.3) is 0 Å². The first-order valence-electron chi connectivity index (χ1n) is 5.12. The number of rotatable bonds is 3. The molecule has 0 amide bonds. The molecule has 100 valence electrons. The summed E-state index contributed by atoms with van der Waals surface area (Å²) in [4.78, 5) is -0.0156. The maximum absolute atomic E-state index is 13.1. The van der Waals surface area contributed by atoms with Gasteiger partial charge in [0.05, 0.1) is 9.37 Å². The lowest BCUT2D eigenvalue weighted by Gasteiger charge is -2.08. The van der Waals surface area contributed by atoms with E-state index in [1.807, 2.05) is 0 Å². The zero-order chi connectivity index (χ0) is 14.0. The molecule has 2 N–H and O–H groups in total. The number of hydrogen-bond donors (Lipinski definition) is 1. The van der Waals surface area contributed by atoms with E-state index in [2.05, 4.69) is 15.9 Å². The van der Waals surface area contributed by atoms with Gasteiger partial charge in [0, 0.05) is 6.07 Å². The maximum Gasteiger partial charge on any atom is 0.238 e. The van der Waals surface area contributed by atoms with Crippen molar-refractivity contribution in [1.82, 2.24) is 0 Å². The van der Waals surface area contributed by atoms with Crippen molar-refractivity contribution in [2.75, 3.05) is 0 Å². The Morgan fingerprint density at radius 1 is 1.11 bits per heavy atom. The van der Waals surface area contributed by atoms with Crippen molar-refractivity contribution < 1.29 is 17.5 Å². The van der Waals surface area contributed by atoms with Crippen LogP contribution < -0.4 is 9.88 Å². The van der Waals surface area contributed by atoms with Crippen LogP contribution in [0.15, 0.2) is 51.8 Å². The third-order valence-corrected chi connectivity index (χ3v) is 3.86. The van der Waals surface area contributed by atoms with E-state index in [-0.39, 0.29) is 4.90 Å². The number of benzene rings is 2. The summed E-state index contributed by atoms with van der Waals surface area (Å²) in [6.07, 6.45) is 0. The Morgan fingerprint density at radius 2 is 1.74 bits per heavy atom. The predicted molar refractivity (Wildman–Crippen MR) is 72.0 cm³/mol. The van der Waals surface area contributed by atoms with Gasteiger partial charge in [0.1, 0.15) is 17.3 Å². The van der Waals surface area contributed by atoms with Crippen LogP contribution >= 0.6 is 15.9 Å². The molecule has 4 nitrogen and oxygen atoms in total. The largest absolute Gasteiger partial charge is 0.456 e. The molecule has 0 spiro atoms. The SMILES string of the molecule is NS(=O)(=O)c1ccc(Oc2cc(F)ccc2Br)cc1. The average Bonchev–Trinajstić information content (AvgIpc) is 2.33. The fraction of sp³-hybridized carbons (Fsp3) is 0.